The van der Waals surface area contributed by atoms with Gasteiger partial charge in [-0.15, -0.1) is 11.3 Å². The first-order valence-electron chi connectivity index (χ1n) is 10.1. The fourth-order valence-electron chi connectivity index (χ4n) is 3.51. The number of nitrogens with one attached hydrogen (secondary N) is 3. The molecule has 170 valence electrons. The fraction of sp³-hybridized carbons (Fsp3) is 0.130. The Hall–Kier alpha value is -3.47. The molecule has 1 unspecified atom stereocenters. The van der Waals surface area contributed by atoms with Crippen LogP contribution in [-0.4, -0.2) is 31.3 Å². The first-order chi connectivity index (χ1) is 15.8. The highest BCUT2D eigenvalue weighted by atomic mass is 32.2. The van der Waals surface area contributed by atoms with Crippen LogP contribution in [0.15, 0.2) is 77.1 Å². The molecule has 4 rings (SSSR count). The summed E-state index contributed by atoms with van der Waals surface area (Å²) in [5.41, 5.74) is 2.41. The molecular weight excluding hydrogens is 460 g/mol. The van der Waals surface area contributed by atoms with E-state index >= 15 is 0 Å². The second kappa shape index (κ2) is 9.57. The lowest BCUT2D eigenvalue weighted by Crippen LogP contribution is -2.47. The molecule has 5 N–H and O–H groups in total. The van der Waals surface area contributed by atoms with Crippen LogP contribution in [0.1, 0.15) is 20.8 Å². The number of amides is 2. The molecule has 0 saturated heterocycles. The zero-order valence-corrected chi connectivity index (χ0v) is 19.1. The minimum atomic E-state index is -3.85. The van der Waals surface area contributed by atoms with Gasteiger partial charge in [-0.1, -0.05) is 36.4 Å². The molecular formula is C23H22N4O4S2. The minimum absolute atomic E-state index is 0.0319. The standard InChI is InChI=1S/C23H22N4O4S2/c24-33(30,31)17-6-3-5-15(11-17)13-26-22(28)20(27-23(29)21-9-4-10-32-21)12-16-14-25-19-8-2-1-7-18(16)19/h1-11,14,20,25H,12-13H2,(H,26,28)(H,27,29)(H2,24,30,31). The zero-order chi connectivity index (χ0) is 23.4. The molecule has 4 aromatic rings. The van der Waals surface area contributed by atoms with Gasteiger partial charge in [-0.05, 0) is 40.8 Å². The van der Waals surface area contributed by atoms with Crippen molar-refractivity contribution in [3.8, 4) is 0 Å². The third-order valence-electron chi connectivity index (χ3n) is 5.16. The summed E-state index contributed by atoms with van der Waals surface area (Å²) < 4.78 is 23.2. The Morgan fingerprint density at radius 3 is 2.64 bits per heavy atom. The maximum absolute atomic E-state index is 13.1. The molecule has 2 aromatic carbocycles. The van der Waals surface area contributed by atoms with Gasteiger partial charge >= 0.3 is 0 Å². The summed E-state index contributed by atoms with van der Waals surface area (Å²) in [5, 5.41) is 13.6. The number of thiophene rings is 1. The molecule has 0 spiro atoms. The van der Waals surface area contributed by atoms with E-state index in [2.05, 4.69) is 15.6 Å². The van der Waals surface area contributed by atoms with Crippen molar-refractivity contribution >= 4 is 44.1 Å². The number of hydrogen-bond acceptors (Lipinski definition) is 5. The average Bonchev–Trinajstić information content (AvgIpc) is 3.47. The molecule has 0 aliphatic carbocycles. The predicted molar refractivity (Wildman–Crippen MR) is 127 cm³/mol. The number of benzene rings is 2. The highest BCUT2D eigenvalue weighted by Gasteiger charge is 2.23. The maximum Gasteiger partial charge on any atom is 0.262 e. The van der Waals surface area contributed by atoms with Crippen molar-refractivity contribution in [3.05, 3.63) is 88.2 Å². The first-order valence-corrected chi connectivity index (χ1v) is 12.5. The van der Waals surface area contributed by atoms with Crippen LogP contribution in [-0.2, 0) is 27.8 Å². The molecule has 0 saturated carbocycles. The highest BCUT2D eigenvalue weighted by Crippen LogP contribution is 2.20. The number of carbonyl (C=O) groups is 2. The van der Waals surface area contributed by atoms with Crippen LogP contribution in [0, 0.1) is 0 Å². The van der Waals surface area contributed by atoms with E-state index in [1.54, 1.807) is 29.6 Å². The monoisotopic (exact) mass is 482 g/mol. The molecule has 0 radical (unpaired) electrons. The van der Waals surface area contributed by atoms with Crippen LogP contribution < -0.4 is 15.8 Å². The number of primary sulfonamides is 1. The van der Waals surface area contributed by atoms with Gasteiger partial charge in [0.2, 0.25) is 15.9 Å². The van der Waals surface area contributed by atoms with E-state index in [4.69, 9.17) is 5.14 Å². The largest absolute Gasteiger partial charge is 0.361 e. The van der Waals surface area contributed by atoms with Crippen molar-refractivity contribution in [1.29, 1.82) is 0 Å². The van der Waals surface area contributed by atoms with Crippen LogP contribution in [0.4, 0.5) is 0 Å². The van der Waals surface area contributed by atoms with Crippen molar-refractivity contribution in [2.24, 2.45) is 5.14 Å². The number of nitrogens with two attached hydrogens (primary N) is 1. The van der Waals surface area contributed by atoms with Gasteiger partial charge in [-0.25, -0.2) is 13.6 Å². The van der Waals surface area contributed by atoms with E-state index in [1.165, 1.54) is 23.5 Å². The van der Waals surface area contributed by atoms with Crippen LogP contribution >= 0.6 is 11.3 Å². The van der Waals surface area contributed by atoms with Gasteiger partial charge in [0.05, 0.1) is 9.77 Å². The SMILES string of the molecule is NS(=O)(=O)c1cccc(CNC(=O)C(Cc2c[nH]c3ccccc23)NC(=O)c2cccs2)c1. The highest BCUT2D eigenvalue weighted by molar-refractivity contribution is 7.89. The van der Waals surface area contributed by atoms with E-state index < -0.39 is 16.1 Å². The topological polar surface area (TPSA) is 134 Å². The van der Waals surface area contributed by atoms with Crippen molar-refractivity contribution in [2.45, 2.75) is 23.9 Å². The average molecular weight is 483 g/mol. The van der Waals surface area contributed by atoms with Crippen molar-refractivity contribution in [1.82, 2.24) is 15.6 Å². The Balaban J connectivity index is 1.53. The van der Waals surface area contributed by atoms with Gasteiger partial charge < -0.3 is 15.6 Å². The smallest absolute Gasteiger partial charge is 0.262 e. The number of H-pyrrole nitrogens is 1. The van der Waals surface area contributed by atoms with Crippen molar-refractivity contribution < 1.29 is 18.0 Å². The third-order valence-corrected chi connectivity index (χ3v) is 6.94. The zero-order valence-electron chi connectivity index (χ0n) is 17.4. The normalized spacial score (nSPS) is 12.4. The molecule has 2 aromatic heterocycles. The summed E-state index contributed by atoms with van der Waals surface area (Å²) in [5.74, 6) is -0.715. The Labute approximate surface area is 194 Å². The van der Waals surface area contributed by atoms with Gasteiger partial charge in [0.15, 0.2) is 0 Å². The molecule has 8 nitrogen and oxygen atoms in total. The lowest BCUT2D eigenvalue weighted by molar-refractivity contribution is -0.123. The Morgan fingerprint density at radius 2 is 1.88 bits per heavy atom. The number of hydrogen-bond donors (Lipinski definition) is 4. The number of aromatic amines is 1. The summed E-state index contributed by atoms with van der Waals surface area (Å²) in [6.07, 6.45) is 2.11. The molecule has 1 atom stereocenters. The van der Waals surface area contributed by atoms with Gasteiger partial charge in [-0.3, -0.25) is 9.59 Å². The number of rotatable bonds is 8. The van der Waals surface area contributed by atoms with Gasteiger partial charge in [-0.2, -0.15) is 0 Å². The third kappa shape index (κ3) is 5.48. The second-order valence-corrected chi connectivity index (χ2v) is 9.99. The summed E-state index contributed by atoms with van der Waals surface area (Å²) in [4.78, 5) is 29.4. The van der Waals surface area contributed by atoms with Crippen molar-refractivity contribution in [2.75, 3.05) is 0 Å². The molecule has 33 heavy (non-hydrogen) atoms. The fourth-order valence-corrected chi connectivity index (χ4v) is 4.72. The number of aromatic nitrogens is 1. The van der Waals surface area contributed by atoms with E-state index in [0.29, 0.717) is 10.4 Å². The Morgan fingerprint density at radius 1 is 1.06 bits per heavy atom. The summed E-state index contributed by atoms with van der Waals surface area (Å²) >= 11 is 1.29. The predicted octanol–water partition coefficient (Wildman–Crippen LogP) is 2.53. The number of sulfonamides is 1. The van der Waals surface area contributed by atoms with Gasteiger partial charge in [0.1, 0.15) is 6.04 Å². The lowest BCUT2D eigenvalue weighted by Gasteiger charge is -2.18. The summed E-state index contributed by atoms with van der Waals surface area (Å²) in [6, 6.07) is 16.4. The number of carbonyl (C=O) groups excluding carboxylic acids is 2. The van der Waals surface area contributed by atoms with Crippen molar-refractivity contribution in [3.63, 3.8) is 0 Å². The minimum Gasteiger partial charge on any atom is -0.361 e. The van der Waals surface area contributed by atoms with Gasteiger partial charge in [0, 0.05) is 30.1 Å². The molecule has 0 bridgehead atoms. The van der Waals surface area contributed by atoms with Crippen LogP contribution in [0.2, 0.25) is 0 Å². The Kier molecular flexibility index (Phi) is 6.59. The molecule has 2 heterocycles. The summed E-state index contributed by atoms with van der Waals surface area (Å²) in [6.45, 7) is 0.0848. The molecule has 10 heteroatoms. The second-order valence-electron chi connectivity index (χ2n) is 7.48. The lowest BCUT2D eigenvalue weighted by atomic mass is 10.0. The molecule has 0 aliphatic rings. The molecule has 0 fully saturated rings. The molecule has 0 aliphatic heterocycles. The molecule has 2 amide bonds. The quantitative estimate of drug-likeness (QED) is 0.307. The summed E-state index contributed by atoms with van der Waals surface area (Å²) in [7, 11) is -3.85. The van der Waals surface area contributed by atoms with Crippen LogP contribution in [0.25, 0.3) is 10.9 Å². The number of para-hydroxylation sites is 1. The van der Waals surface area contributed by atoms with Crippen LogP contribution in [0.5, 0.6) is 0 Å². The van der Waals surface area contributed by atoms with Gasteiger partial charge in [0.25, 0.3) is 5.91 Å². The number of fused-ring (bicyclic) bond motifs is 1. The van der Waals surface area contributed by atoms with E-state index in [9.17, 15) is 18.0 Å². The first kappa shape index (κ1) is 22.7. The van der Waals surface area contributed by atoms with E-state index in [-0.39, 0.29) is 29.7 Å². The van der Waals surface area contributed by atoms with E-state index in [1.807, 2.05) is 30.5 Å². The maximum atomic E-state index is 13.1. The van der Waals surface area contributed by atoms with Crippen LogP contribution in [0.3, 0.4) is 0 Å². The van der Waals surface area contributed by atoms with E-state index in [0.717, 1.165) is 16.5 Å². The Bertz CT molecular complexity index is 1390.